The standard InChI is InChI=1S/C28H32N4O8S/c1-7-17-8-10-20(36-5)23(12-17)41(34,35)32-26-25-21(37-6)13-19(14-22(25)40-31-26)38-24-11-9-18(15-29-24)16-30-27(33)39-28(2,3)4/h8-15H,7,16H2,1-6H3,(H,30,33)(H,31,32). The number of fused-ring (bicyclic) bond motifs is 1. The molecule has 0 unspecified atom stereocenters. The molecule has 0 bridgehead atoms. The van der Waals surface area contributed by atoms with Crippen LogP contribution in [0.4, 0.5) is 10.6 Å². The van der Waals surface area contributed by atoms with E-state index in [1.807, 2.05) is 6.92 Å². The number of ether oxygens (including phenoxy) is 4. The average Bonchev–Trinajstić information content (AvgIpc) is 3.32. The van der Waals surface area contributed by atoms with Crippen LogP contribution in [0.25, 0.3) is 11.0 Å². The molecule has 2 heterocycles. The van der Waals surface area contributed by atoms with Crippen molar-refractivity contribution in [3.8, 4) is 23.1 Å². The topological polar surface area (TPSA) is 151 Å². The Labute approximate surface area is 238 Å². The number of hydrogen-bond acceptors (Lipinski definition) is 10. The molecule has 0 aliphatic heterocycles. The normalized spacial score (nSPS) is 11.7. The molecule has 1 amide bonds. The van der Waals surface area contributed by atoms with Gasteiger partial charge in [0.05, 0.1) is 14.2 Å². The Morgan fingerprint density at radius 1 is 1.00 bits per heavy atom. The van der Waals surface area contributed by atoms with E-state index in [0.29, 0.717) is 17.6 Å². The van der Waals surface area contributed by atoms with Crippen molar-refractivity contribution in [1.82, 2.24) is 15.5 Å². The number of aryl methyl sites for hydroxylation is 1. The predicted molar refractivity (Wildman–Crippen MR) is 151 cm³/mol. The quantitative estimate of drug-likeness (QED) is 0.247. The number of sulfonamides is 1. The van der Waals surface area contributed by atoms with E-state index in [0.717, 1.165) is 11.1 Å². The second-order valence-electron chi connectivity index (χ2n) is 9.94. The number of methoxy groups -OCH3 is 2. The number of carbonyl (C=O) groups excluding carboxylic acids is 1. The molecule has 41 heavy (non-hydrogen) atoms. The molecule has 2 aromatic carbocycles. The Morgan fingerprint density at radius 2 is 1.73 bits per heavy atom. The lowest BCUT2D eigenvalue weighted by molar-refractivity contribution is 0.0523. The van der Waals surface area contributed by atoms with E-state index < -0.39 is 21.7 Å². The summed E-state index contributed by atoms with van der Waals surface area (Å²) < 4.78 is 56.4. The molecule has 0 radical (unpaired) electrons. The Hall–Kier alpha value is -4.52. The van der Waals surface area contributed by atoms with Gasteiger partial charge in [-0.25, -0.2) is 18.2 Å². The zero-order chi connectivity index (χ0) is 29.8. The van der Waals surface area contributed by atoms with Crippen LogP contribution in [0, 0.1) is 0 Å². The first-order chi connectivity index (χ1) is 19.4. The van der Waals surface area contributed by atoms with Crippen molar-refractivity contribution in [2.45, 2.75) is 51.2 Å². The molecule has 218 valence electrons. The van der Waals surface area contributed by atoms with Gasteiger partial charge in [-0.1, -0.05) is 24.2 Å². The van der Waals surface area contributed by atoms with Crippen LogP contribution >= 0.6 is 0 Å². The number of rotatable bonds is 10. The number of amides is 1. The van der Waals surface area contributed by atoms with Crippen molar-refractivity contribution in [3.63, 3.8) is 0 Å². The number of alkyl carbamates (subject to hydrolysis) is 1. The van der Waals surface area contributed by atoms with Crippen LogP contribution in [0.1, 0.15) is 38.8 Å². The van der Waals surface area contributed by atoms with E-state index in [9.17, 15) is 13.2 Å². The monoisotopic (exact) mass is 584 g/mol. The molecule has 0 saturated carbocycles. The van der Waals surface area contributed by atoms with Crippen molar-refractivity contribution >= 4 is 32.9 Å². The van der Waals surface area contributed by atoms with Crippen LogP contribution in [0.2, 0.25) is 0 Å². The van der Waals surface area contributed by atoms with Gasteiger partial charge >= 0.3 is 6.09 Å². The molecule has 0 spiro atoms. The summed E-state index contributed by atoms with van der Waals surface area (Å²) in [6, 6.07) is 11.5. The Balaban J connectivity index is 1.52. The van der Waals surface area contributed by atoms with Crippen LogP contribution in [0.5, 0.6) is 23.1 Å². The fourth-order valence-electron chi connectivity index (χ4n) is 3.82. The lowest BCUT2D eigenvalue weighted by Gasteiger charge is -2.19. The Morgan fingerprint density at radius 3 is 2.37 bits per heavy atom. The maximum absolute atomic E-state index is 13.3. The molecule has 4 aromatic rings. The number of nitrogens with zero attached hydrogens (tertiary/aromatic N) is 2. The maximum Gasteiger partial charge on any atom is 0.407 e. The van der Waals surface area contributed by atoms with Crippen molar-refractivity contribution in [3.05, 3.63) is 59.8 Å². The summed E-state index contributed by atoms with van der Waals surface area (Å²) in [6.45, 7) is 7.51. The molecular formula is C28H32N4O8S. The summed E-state index contributed by atoms with van der Waals surface area (Å²) in [6.07, 6.45) is 1.68. The number of benzene rings is 2. The predicted octanol–water partition coefficient (Wildman–Crippen LogP) is 5.42. The molecule has 0 fully saturated rings. The minimum Gasteiger partial charge on any atom is -0.496 e. The molecule has 0 saturated heterocycles. The molecule has 0 atom stereocenters. The smallest absolute Gasteiger partial charge is 0.407 e. The van der Waals surface area contributed by atoms with Gasteiger partial charge in [0.15, 0.2) is 11.4 Å². The SMILES string of the molecule is CCc1ccc(OC)c(S(=O)(=O)Nc2noc3cc(Oc4ccc(CNC(=O)OC(C)(C)C)cn4)cc(OC)c23)c1. The number of carbonyl (C=O) groups is 1. The zero-order valence-electron chi connectivity index (χ0n) is 23.6. The van der Waals surface area contributed by atoms with Crippen LogP contribution in [0.3, 0.4) is 0 Å². The molecule has 4 rings (SSSR count). The van der Waals surface area contributed by atoms with E-state index in [-0.39, 0.29) is 40.2 Å². The first-order valence-electron chi connectivity index (χ1n) is 12.7. The maximum atomic E-state index is 13.3. The largest absolute Gasteiger partial charge is 0.496 e. The number of aromatic nitrogens is 2. The van der Waals surface area contributed by atoms with Gasteiger partial charge in [-0.3, -0.25) is 4.72 Å². The van der Waals surface area contributed by atoms with Crippen LogP contribution in [0.15, 0.2) is 58.1 Å². The van der Waals surface area contributed by atoms with Gasteiger partial charge in [0, 0.05) is 30.9 Å². The summed E-state index contributed by atoms with van der Waals surface area (Å²) in [5.41, 5.74) is 1.20. The van der Waals surface area contributed by atoms with Gasteiger partial charge < -0.3 is 28.8 Å². The second kappa shape index (κ2) is 11.9. The highest BCUT2D eigenvalue weighted by atomic mass is 32.2. The zero-order valence-corrected chi connectivity index (χ0v) is 24.4. The number of pyridine rings is 1. The fraction of sp³-hybridized carbons (Fsp3) is 0.321. The number of hydrogen-bond donors (Lipinski definition) is 2. The van der Waals surface area contributed by atoms with E-state index in [1.165, 1.54) is 14.2 Å². The van der Waals surface area contributed by atoms with Gasteiger partial charge in [0.1, 0.15) is 33.1 Å². The third-order valence-electron chi connectivity index (χ3n) is 5.74. The number of nitrogens with one attached hydrogen (secondary N) is 2. The minimum atomic E-state index is -4.09. The summed E-state index contributed by atoms with van der Waals surface area (Å²) in [5.74, 6) is 1.01. The molecule has 2 aromatic heterocycles. The molecule has 0 aliphatic rings. The summed E-state index contributed by atoms with van der Waals surface area (Å²) in [4.78, 5) is 16.1. The summed E-state index contributed by atoms with van der Waals surface area (Å²) in [5, 5.41) is 6.90. The van der Waals surface area contributed by atoms with Crippen LogP contribution < -0.4 is 24.2 Å². The first-order valence-corrected chi connectivity index (χ1v) is 14.2. The minimum absolute atomic E-state index is 0.0229. The molecular weight excluding hydrogens is 552 g/mol. The number of anilines is 1. The summed E-state index contributed by atoms with van der Waals surface area (Å²) >= 11 is 0. The molecule has 0 aliphatic carbocycles. The molecule has 13 heteroatoms. The van der Waals surface area contributed by atoms with Crippen LogP contribution in [-0.4, -0.2) is 44.5 Å². The highest BCUT2D eigenvalue weighted by Gasteiger charge is 2.25. The second-order valence-corrected chi connectivity index (χ2v) is 11.6. The van der Waals surface area contributed by atoms with Gasteiger partial charge in [-0.2, -0.15) is 0 Å². The van der Waals surface area contributed by atoms with Gasteiger partial charge in [-0.15, -0.1) is 0 Å². The highest BCUT2D eigenvalue weighted by molar-refractivity contribution is 7.92. The van der Waals surface area contributed by atoms with E-state index in [4.69, 9.17) is 23.5 Å². The molecule has 2 N–H and O–H groups in total. The third kappa shape index (κ3) is 7.17. The Bertz CT molecular complexity index is 1640. The van der Waals surface area contributed by atoms with Crippen molar-refractivity contribution in [2.75, 3.05) is 18.9 Å². The van der Waals surface area contributed by atoms with E-state index in [2.05, 4.69) is 20.2 Å². The van der Waals surface area contributed by atoms with Crippen molar-refractivity contribution in [2.24, 2.45) is 0 Å². The molecule has 12 nitrogen and oxygen atoms in total. The highest BCUT2D eigenvalue weighted by Crippen LogP contribution is 2.38. The van der Waals surface area contributed by atoms with Gasteiger partial charge in [0.25, 0.3) is 10.0 Å². The van der Waals surface area contributed by atoms with E-state index in [1.54, 1.807) is 69.4 Å². The lowest BCUT2D eigenvalue weighted by atomic mass is 10.2. The van der Waals surface area contributed by atoms with E-state index >= 15 is 0 Å². The van der Waals surface area contributed by atoms with Gasteiger partial charge in [0.2, 0.25) is 5.88 Å². The first kappa shape index (κ1) is 29.5. The van der Waals surface area contributed by atoms with Gasteiger partial charge in [-0.05, 0) is 50.5 Å². The average molecular weight is 585 g/mol. The van der Waals surface area contributed by atoms with Crippen molar-refractivity contribution in [1.29, 1.82) is 0 Å². The third-order valence-corrected chi connectivity index (χ3v) is 7.10. The fourth-order valence-corrected chi connectivity index (χ4v) is 5.05. The van der Waals surface area contributed by atoms with Crippen LogP contribution in [-0.2, 0) is 27.7 Å². The lowest BCUT2D eigenvalue weighted by Crippen LogP contribution is -2.32. The Kier molecular flexibility index (Phi) is 8.57. The summed E-state index contributed by atoms with van der Waals surface area (Å²) in [7, 11) is -1.25. The van der Waals surface area contributed by atoms with Crippen molar-refractivity contribution < 1.29 is 36.7 Å².